The van der Waals surface area contributed by atoms with Gasteiger partial charge in [0.25, 0.3) is 0 Å². The minimum atomic E-state index is 1.23. The van der Waals surface area contributed by atoms with E-state index in [0.29, 0.717) is 0 Å². The van der Waals surface area contributed by atoms with Crippen LogP contribution in [0.15, 0.2) is 24.3 Å². The maximum atomic E-state index is 2.39. The normalized spacial score (nSPS) is 25.8. The molecule has 18 heavy (non-hydrogen) atoms. The first-order valence-corrected chi connectivity index (χ1v) is 8.30. The monoisotopic (exact) mass is 248 g/mol. The Labute approximate surface area is 115 Å². The van der Waals surface area contributed by atoms with E-state index in [1.54, 1.807) is 0 Å². The molecule has 0 aromatic heterocycles. The predicted octanol–water partition coefficient (Wildman–Crippen LogP) is 6.57. The molecule has 1 aliphatic rings. The third-order valence-corrected chi connectivity index (χ3v) is 3.82. The van der Waals surface area contributed by atoms with Crippen LogP contribution in [0.3, 0.4) is 0 Å². The van der Waals surface area contributed by atoms with Crippen molar-refractivity contribution < 1.29 is 0 Å². The van der Waals surface area contributed by atoms with Crippen molar-refractivity contribution in [2.45, 2.75) is 89.9 Å². The molecule has 0 saturated heterocycles. The van der Waals surface area contributed by atoms with Crippen LogP contribution in [0, 0.1) is 0 Å². The molecule has 0 fully saturated rings. The van der Waals surface area contributed by atoms with Crippen LogP contribution in [0.1, 0.15) is 89.9 Å². The zero-order valence-electron chi connectivity index (χ0n) is 12.2. The zero-order chi connectivity index (χ0) is 12.7. The molecule has 0 N–H and O–H groups in total. The van der Waals surface area contributed by atoms with E-state index in [1.807, 2.05) is 0 Å². The highest BCUT2D eigenvalue weighted by molar-refractivity contribution is 4.88. The van der Waals surface area contributed by atoms with Crippen LogP contribution in [0.25, 0.3) is 0 Å². The van der Waals surface area contributed by atoms with Crippen molar-refractivity contribution in [1.82, 2.24) is 0 Å². The summed E-state index contributed by atoms with van der Waals surface area (Å²) in [7, 11) is 0. The molecule has 0 saturated carbocycles. The standard InChI is InChI=1S/C18H32/c1-2-4-6-8-10-12-14-16-18-17-15-13-11-9-7-5-3-1/h1-2,7,9H,3-6,8,10-18H2/b2-1-,9-7+. The molecular formula is C18H32. The predicted molar refractivity (Wildman–Crippen MR) is 82.9 cm³/mol. The molecule has 0 aliphatic heterocycles. The Morgan fingerprint density at radius 1 is 0.278 bits per heavy atom. The molecule has 1 rings (SSSR count). The van der Waals surface area contributed by atoms with E-state index in [4.69, 9.17) is 0 Å². The molecule has 104 valence electrons. The van der Waals surface area contributed by atoms with Crippen LogP contribution in [0.2, 0.25) is 0 Å². The average molecular weight is 248 g/mol. The first-order chi connectivity index (χ1) is 9.00. The molecule has 0 spiro atoms. The van der Waals surface area contributed by atoms with Crippen LogP contribution < -0.4 is 0 Å². The van der Waals surface area contributed by atoms with Crippen LogP contribution >= 0.6 is 0 Å². The number of hydrogen-bond acceptors (Lipinski definition) is 0. The van der Waals surface area contributed by atoms with E-state index in [0.717, 1.165) is 0 Å². The van der Waals surface area contributed by atoms with Gasteiger partial charge in [0.2, 0.25) is 0 Å². The maximum absolute atomic E-state index is 2.39. The number of hydrogen-bond donors (Lipinski definition) is 0. The second-order valence-electron chi connectivity index (χ2n) is 5.63. The highest BCUT2D eigenvalue weighted by atomic mass is 14.0. The minimum absolute atomic E-state index is 1.23. The zero-order valence-corrected chi connectivity index (χ0v) is 12.2. The molecule has 0 heterocycles. The summed E-state index contributed by atoms with van der Waals surface area (Å²) in [4.78, 5) is 0. The fraction of sp³-hybridized carbons (Fsp3) is 0.778. The minimum Gasteiger partial charge on any atom is -0.0885 e. The van der Waals surface area contributed by atoms with E-state index in [9.17, 15) is 0 Å². The number of rotatable bonds is 0. The molecule has 0 bridgehead atoms. The lowest BCUT2D eigenvalue weighted by atomic mass is 10.0. The highest BCUT2D eigenvalue weighted by Crippen LogP contribution is 2.12. The first-order valence-electron chi connectivity index (χ1n) is 8.30. The van der Waals surface area contributed by atoms with Crippen molar-refractivity contribution in [3.8, 4) is 0 Å². The summed E-state index contributed by atoms with van der Waals surface area (Å²) in [6, 6.07) is 0. The second-order valence-corrected chi connectivity index (χ2v) is 5.63. The first kappa shape index (κ1) is 15.5. The van der Waals surface area contributed by atoms with Crippen LogP contribution in [0.4, 0.5) is 0 Å². The lowest BCUT2D eigenvalue weighted by Crippen LogP contribution is -1.82. The summed E-state index contributed by atoms with van der Waals surface area (Å²) in [6.45, 7) is 0. The van der Waals surface area contributed by atoms with Crippen LogP contribution in [0.5, 0.6) is 0 Å². The largest absolute Gasteiger partial charge is 0.0885 e. The maximum Gasteiger partial charge on any atom is -0.0316 e. The van der Waals surface area contributed by atoms with Crippen molar-refractivity contribution in [2.75, 3.05) is 0 Å². The molecule has 0 nitrogen and oxygen atoms in total. The van der Waals surface area contributed by atoms with Crippen LogP contribution in [-0.4, -0.2) is 0 Å². The molecule has 0 heteroatoms. The average Bonchev–Trinajstić information content (AvgIpc) is 2.39. The second kappa shape index (κ2) is 12.9. The van der Waals surface area contributed by atoms with Gasteiger partial charge in [-0.2, -0.15) is 0 Å². The fourth-order valence-corrected chi connectivity index (χ4v) is 2.60. The summed E-state index contributed by atoms with van der Waals surface area (Å²) in [5, 5.41) is 0. The Morgan fingerprint density at radius 3 is 0.944 bits per heavy atom. The summed E-state index contributed by atoms with van der Waals surface area (Å²) in [5.74, 6) is 0. The number of allylic oxidation sites excluding steroid dienone is 4. The lowest BCUT2D eigenvalue weighted by molar-refractivity contribution is 0.553. The van der Waals surface area contributed by atoms with Gasteiger partial charge in [0.05, 0.1) is 0 Å². The Bertz CT molecular complexity index is 188. The Hall–Kier alpha value is -0.520. The van der Waals surface area contributed by atoms with Crippen molar-refractivity contribution >= 4 is 0 Å². The van der Waals surface area contributed by atoms with Gasteiger partial charge in [0.15, 0.2) is 0 Å². The fourth-order valence-electron chi connectivity index (χ4n) is 2.60. The quantitative estimate of drug-likeness (QED) is 0.425. The molecule has 0 amide bonds. The summed E-state index contributed by atoms with van der Waals surface area (Å²) in [6.07, 6.45) is 29.0. The summed E-state index contributed by atoms with van der Waals surface area (Å²) >= 11 is 0. The molecule has 0 atom stereocenters. The molecule has 0 aromatic carbocycles. The Morgan fingerprint density at radius 2 is 0.556 bits per heavy atom. The van der Waals surface area contributed by atoms with Gasteiger partial charge in [0.1, 0.15) is 0 Å². The topological polar surface area (TPSA) is 0 Å². The van der Waals surface area contributed by atoms with Gasteiger partial charge in [-0.05, 0) is 38.5 Å². The van der Waals surface area contributed by atoms with Crippen molar-refractivity contribution in [2.24, 2.45) is 0 Å². The van der Waals surface area contributed by atoms with Gasteiger partial charge in [-0.1, -0.05) is 75.7 Å². The summed E-state index contributed by atoms with van der Waals surface area (Å²) in [5.41, 5.74) is 0. The van der Waals surface area contributed by atoms with Gasteiger partial charge in [-0.3, -0.25) is 0 Å². The molecule has 0 aromatic rings. The van der Waals surface area contributed by atoms with Gasteiger partial charge in [-0.15, -0.1) is 0 Å². The van der Waals surface area contributed by atoms with Crippen molar-refractivity contribution in [1.29, 1.82) is 0 Å². The SMILES string of the molecule is C1=C\CCCCCCCCCCCC/C=C/CC/1. The third kappa shape index (κ3) is 10.6. The highest BCUT2D eigenvalue weighted by Gasteiger charge is 1.93. The van der Waals surface area contributed by atoms with E-state index >= 15 is 0 Å². The smallest absolute Gasteiger partial charge is 0.0316 e. The van der Waals surface area contributed by atoms with Crippen molar-refractivity contribution in [3.63, 3.8) is 0 Å². The Balaban J connectivity index is 2.13. The third-order valence-electron chi connectivity index (χ3n) is 3.82. The molecule has 0 radical (unpaired) electrons. The van der Waals surface area contributed by atoms with Crippen LogP contribution in [-0.2, 0) is 0 Å². The van der Waals surface area contributed by atoms with E-state index in [-0.39, 0.29) is 0 Å². The van der Waals surface area contributed by atoms with Gasteiger partial charge in [-0.25, -0.2) is 0 Å². The Kier molecular flexibility index (Phi) is 11.2. The van der Waals surface area contributed by atoms with Gasteiger partial charge in [0, 0.05) is 0 Å². The lowest BCUT2D eigenvalue weighted by Gasteiger charge is -2.02. The van der Waals surface area contributed by atoms with Gasteiger partial charge < -0.3 is 0 Å². The molecule has 1 aliphatic carbocycles. The van der Waals surface area contributed by atoms with Gasteiger partial charge >= 0.3 is 0 Å². The van der Waals surface area contributed by atoms with E-state index in [2.05, 4.69) is 24.3 Å². The summed E-state index contributed by atoms with van der Waals surface area (Å²) < 4.78 is 0. The molecular weight excluding hydrogens is 216 g/mol. The molecule has 0 unspecified atom stereocenters. The van der Waals surface area contributed by atoms with E-state index in [1.165, 1.54) is 89.9 Å². The van der Waals surface area contributed by atoms with E-state index < -0.39 is 0 Å². The van der Waals surface area contributed by atoms with Crippen molar-refractivity contribution in [3.05, 3.63) is 24.3 Å².